The van der Waals surface area contributed by atoms with Gasteiger partial charge >= 0.3 is 6.09 Å². The maximum atomic E-state index is 10.4. The van der Waals surface area contributed by atoms with E-state index in [9.17, 15) is 4.79 Å². The number of hydrogen-bond donors (Lipinski definition) is 3. The second-order valence-corrected chi connectivity index (χ2v) is 4.50. The van der Waals surface area contributed by atoms with E-state index < -0.39 is 6.09 Å². The Morgan fingerprint density at radius 2 is 2.06 bits per heavy atom. The number of thiazole rings is 1. The van der Waals surface area contributed by atoms with Gasteiger partial charge in [-0.25, -0.2) is 9.78 Å². The normalized spacial score (nSPS) is 10.3. The van der Waals surface area contributed by atoms with E-state index in [2.05, 4.69) is 10.3 Å². The van der Waals surface area contributed by atoms with E-state index in [0.29, 0.717) is 5.69 Å². The predicted molar refractivity (Wildman–Crippen MR) is 68.3 cm³/mol. The van der Waals surface area contributed by atoms with E-state index in [1.165, 1.54) is 11.3 Å². The summed E-state index contributed by atoms with van der Waals surface area (Å²) in [5, 5.41) is 19.9. The van der Waals surface area contributed by atoms with Crippen molar-refractivity contribution >= 4 is 17.4 Å². The van der Waals surface area contributed by atoms with Crippen LogP contribution in [-0.4, -0.2) is 21.3 Å². The zero-order valence-corrected chi connectivity index (χ0v) is 10.3. The van der Waals surface area contributed by atoms with Crippen LogP contribution in [0.25, 0.3) is 10.4 Å². The molecular formula is C12H12N2O3S. The van der Waals surface area contributed by atoms with Gasteiger partial charge in [-0.15, -0.1) is 11.3 Å². The molecule has 5 nitrogen and oxygen atoms in total. The highest BCUT2D eigenvalue weighted by molar-refractivity contribution is 7.13. The number of benzene rings is 1. The number of carboxylic acid groups (broad SMARTS) is 1. The zero-order chi connectivity index (χ0) is 13.0. The number of carbonyl (C=O) groups is 1. The van der Waals surface area contributed by atoms with Crippen LogP contribution in [0.4, 0.5) is 4.79 Å². The summed E-state index contributed by atoms with van der Waals surface area (Å²) >= 11 is 1.47. The minimum absolute atomic E-state index is 0.0822. The van der Waals surface area contributed by atoms with Crippen LogP contribution in [0, 0.1) is 0 Å². The minimum atomic E-state index is -1.04. The molecular weight excluding hydrogens is 252 g/mol. The fourth-order valence-corrected chi connectivity index (χ4v) is 2.38. The average molecular weight is 264 g/mol. The SMILES string of the molecule is O=C(O)NCc1ccc(-c2scnc2CO)cc1. The summed E-state index contributed by atoms with van der Waals surface area (Å²) in [6.07, 6.45) is -1.04. The van der Waals surface area contributed by atoms with Crippen LogP contribution >= 0.6 is 11.3 Å². The number of hydrogen-bond acceptors (Lipinski definition) is 4. The molecule has 0 aliphatic carbocycles. The van der Waals surface area contributed by atoms with Crippen molar-refractivity contribution in [1.29, 1.82) is 0 Å². The molecule has 2 rings (SSSR count). The summed E-state index contributed by atoms with van der Waals surface area (Å²) < 4.78 is 0. The standard InChI is InChI=1S/C12H12N2O3S/c15-6-10-11(18-7-14-10)9-3-1-8(2-4-9)5-13-12(16)17/h1-4,7,13,15H,5-6H2,(H,16,17). The number of aromatic nitrogens is 1. The molecule has 0 aliphatic heterocycles. The van der Waals surface area contributed by atoms with Crippen LogP contribution in [-0.2, 0) is 13.2 Å². The molecule has 0 bridgehead atoms. The first-order valence-corrected chi connectivity index (χ1v) is 6.18. The Bertz CT molecular complexity index is 537. The molecule has 0 saturated carbocycles. The lowest BCUT2D eigenvalue weighted by atomic mass is 10.1. The quantitative estimate of drug-likeness (QED) is 0.789. The van der Waals surface area contributed by atoms with Crippen molar-refractivity contribution in [3.63, 3.8) is 0 Å². The smallest absolute Gasteiger partial charge is 0.404 e. The van der Waals surface area contributed by atoms with Crippen LogP contribution in [0.2, 0.25) is 0 Å². The van der Waals surface area contributed by atoms with Crippen molar-refractivity contribution in [1.82, 2.24) is 10.3 Å². The third-order valence-corrected chi connectivity index (χ3v) is 3.37. The van der Waals surface area contributed by atoms with Gasteiger partial charge in [0, 0.05) is 6.54 Å². The van der Waals surface area contributed by atoms with Crippen molar-refractivity contribution in [3.8, 4) is 10.4 Å². The predicted octanol–water partition coefficient (Wildman–Crippen LogP) is 2.07. The molecule has 0 aliphatic rings. The average Bonchev–Trinajstić information content (AvgIpc) is 2.85. The first-order chi connectivity index (χ1) is 8.70. The lowest BCUT2D eigenvalue weighted by Gasteiger charge is -2.04. The summed E-state index contributed by atoms with van der Waals surface area (Å²) in [5.74, 6) is 0. The first-order valence-electron chi connectivity index (χ1n) is 5.30. The number of aliphatic hydroxyl groups excluding tert-OH is 1. The molecule has 0 unspecified atom stereocenters. The maximum absolute atomic E-state index is 10.4. The molecule has 1 aromatic heterocycles. The molecule has 0 fully saturated rings. The van der Waals surface area contributed by atoms with Gasteiger partial charge in [-0.3, -0.25) is 0 Å². The Balaban J connectivity index is 2.14. The van der Waals surface area contributed by atoms with Gasteiger partial charge in [-0.2, -0.15) is 0 Å². The molecule has 1 amide bonds. The van der Waals surface area contributed by atoms with Gasteiger partial charge in [0.25, 0.3) is 0 Å². The number of aliphatic hydroxyl groups is 1. The monoisotopic (exact) mass is 264 g/mol. The molecule has 6 heteroatoms. The summed E-state index contributed by atoms with van der Waals surface area (Å²) in [7, 11) is 0. The molecule has 18 heavy (non-hydrogen) atoms. The molecule has 0 atom stereocenters. The van der Waals surface area contributed by atoms with Crippen molar-refractivity contribution < 1.29 is 15.0 Å². The van der Waals surface area contributed by atoms with Gasteiger partial charge in [0.2, 0.25) is 0 Å². The Kier molecular flexibility index (Phi) is 3.91. The van der Waals surface area contributed by atoms with Crippen LogP contribution in [0.3, 0.4) is 0 Å². The minimum Gasteiger partial charge on any atom is -0.465 e. The van der Waals surface area contributed by atoms with E-state index in [4.69, 9.17) is 10.2 Å². The van der Waals surface area contributed by atoms with Crippen molar-refractivity contribution in [2.45, 2.75) is 13.2 Å². The lowest BCUT2D eigenvalue weighted by Crippen LogP contribution is -2.19. The number of nitrogens with one attached hydrogen (secondary N) is 1. The van der Waals surface area contributed by atoms with Crippen molar-refractivity contribution in [3.05, 3.63) is 41.0 Å². The van der Waals surface area contributed by atoms with E-state index in [1.54, 1.807) is 5.51 Å². The number of amides is 1. The Labute approximate surface area is 108 Å². The number of rotatable bonds is 4. The van der Waals surface area contributed by atoms with Crippen LogP contribution < -0.4 is 5.32 Å². The van der Waals surface area contributed by atoms with E-state index in [1.807, 2.05) is 24.3 Å². The van der Waals surface area contributed by atoms with Crippen LogP contribution in [0.15, 0.2) is 29.8 Å². The first kappa shape index (κ1) is 12.5. The maximum Gasteiger partial charge on any atom is 0.404 e. The molecule has 0 saturated heterocycles. The molecule has 1 aromatic carbocycles. The molecule has 1 heterocycles. The van der Waals surface area contributed by atoms with Gasteiger partial charge in [0.15, 0.2) is 0 Å². The highest BCUT2D eigenvalue weighted by Gasteiger charge is 2.07. The Hall–Kier alpha value is -1.92. The highest BCUT2D eigenvalue weighted by atomic mass is 32.1. The van der Waals surface area contributed by atoms with E-state index in [0.717, 1.165) is 16.0 Å². The largest absolute Gasteiger partial charge is 0.465 e. The third-order valence-electron chi connectivity index (χ3n) is 2.45. The van der Waals surface area contributed by atoms with Crippen LogP contribution in [0.1, 0.15) is 11.3 Å². The molecule has 3 N–H and O–H groups in total. The molecule has 94 valence electrons. The van der Waals surface area contributed by atoms with Gasteiger partial charge in [0.05, 0.1) is 22.7 Å². The Morgan fingerprint density at radius 1 is 1.33 bits per heavy atom. The molecule has 0 spiro atoms. The van der Waals surface area contributed by atoms with E-state index in [-0.39, 0.29) is 13.2 Å². The van der Waals surface area contributed by atoms with E-state index >= 15 is 0 Å². The fraction of sp³-hybridized carbons (Fsp3) is 0.167. The second kappa shape index (κ2) is 5.61. The van der Waals surface area contributed by atoms with Gasteiger partial charge in [-0.05, 0) is 11.1 Å². The Morgan fingerprint density at radius 3 is 2.67 bits per heavy atom. The van der Waals surface area contributed by atoms with Crippen LogP contribution in [0.5, 0.6) is 0 Å². The fourth-order valence-electron chi connectivity index (χ4n) is 1.57. The molecule has 0 radical (unpaired) electrons. The molecule has 2 aromatic rings. The number of nitrogens with zero attached hydrogens (tertiary/aromatic N) is 1. The topological polar surface area (TPSA) is 82.5 Å². The zero-order valence-electron chi connectivity index (χ0n) is 9.46. The summed E-state index contributed by atoms with van der Waals surface area (Å²) in [5.41, 5.74) is 4.22. The summed E-state index contributed by atoms with van der Waals surface area (Å²) in [4.78, 5) is 15.4. The lowest BCUT2D eigenvalue weighted by molar-refractivity contribution is 0.194. The third kappa shape index (κ3) is 2.85. The second-order valence-electron chi connectivity index (χ2n) is 3.64. The van der Waals surface area contributed by atoms with Gasteiger partial charge in [-0.1, -0.05) is 24.3 Å². The van der Waals surface area contributed by atoms with Gasteiger partial charge < -0.3 is 15.5 Å². The van der Waals surface area contributed by atoms with Crippen molar-refractivity contribution in [2.24, 2.45) is 0 Å². The summed E-state index contributed by atoms with van der Waals surface area (Å²) in [6.45, 7) is 0.201. The summed E-state index contributed by atoms with van der Waals surface area (Å²) in [6, 6.07) is 7.50. The van der Waals surface area contributed by atoms with Gasteiger partial charge in [0.1, 0.15) is 0 Å². The highest BCUT2D eigenvalue weighted by Crippen LogP contribution is 2.27. The van der Waals surface area contributed by atoms with Crippen molar-refractivity contribution in [2.75, 3.05) is 0 Å².